The maximum Gasteiger partial charge on any atom is 0.265 e. The van der Waals surface area contributed by atoms with Crippen molar-refractivity contribution in [3.63, 3.8) is 0 Å². The van der Waals surface area contributed by atoms with Crippen LogP contribution in [0.15, 0.2) is 15.9 Å². The van der Waals surface area contributed by atoms with Crippen molar-refractivity contribution in [1.82, 2.24) is 10.2 Å². The van der Waals surface area contributed by atoms with Gasteiger partial charge >= 0.3 is 0 Å². The molecule has 1 atom stereocenters. The minimum atomic E-state index is 0.138. The van der Waals surface area contributed by atoms with Crippen LogP contribution in [0.4, 0.5) is 0 Å². The van der Waals surface area contributed by atoms with Crippen LogP contribution < -0.4 is 5.32 Å². The number of carbonyl (C=O) groups excluding carboxylic acids is 1. The van der Waals surface area contributed by atoms with Crippen LogP contribution in [0.3, 0.4) is 0 Å². The Morgan fingerprint density at radius 2 is 2.35 bits per heavy atom. The molecule has 1 aliphatic heterocycles. The maximum absolute atomic E-state index is 12.3. The highest BCUT2D eigenvalue weighted by Crippen LogP contribution is 2.25. The van der Waals surface area contributed by atoms with E-state index < -0.39 is 0 Å². The molecule has 0 saturated carbocycles. The lowest BCUT2D eigenvalue weighted by molar-refractivity contribution is 0.0724. The topological polar surface area (TPSA) is 32.3 Å². The smallest absolute Gasteiger partial charge is 0.265 e. The Bertz CT molecular complexity index is 386. The lowest BCUT2D eigenvalue weighted by atomic mass is 10.1. The lowest BCUT2D eigenvalue weighted by Gasteiger charge is -2.26. The summed E-state index contributed by atoms with van der Waals surface area (Å²) in [7, 11) is 1.92. The molecule has 94 valence electrons. The van der Waals surface area contributed by atoms with Gasteiger partial charge < -0.3 is 10.2 Å². The third-order valence-electron chi connectivity index (χ3n) is 3.22. The SMILES string of the molecule is CN(C(=O)c1sccc1Br)C1CCCNCC1. The number of hydrogen-bond donors (Lipinski definition) is 1. The zero-order valence-corrected chi connectivity index (χ0v) is 12.3. The zero-order chi connectivity index (χ0) is 12.3. The van der Waals surface area contributed by atoms with Crippen molar-refractivity contribution >= 4 is 33.2 Å². The van der Waals surface area contributed by atoms with Crippen LogP contribution in [-0.2, 0) is 0 Å². The van der Waals surface area contributed by atoms with Crippen molar-refractivity contribution in [3.8, 4) is 0 Å². The lowest BCUT2D eigenvalue weighted by Crippen LogP contribution is -2.37. The van der Waals surface area contributed by atoms with E-state index in [1.165, 1.54) is 11.3 Å². The molecule has 5 heteroatoms. The molecule has 1 fully saturated rings. The summed E-state index contributed by atoms with van der Waals surface area (Å²) in [6, 6.07) is 2.30. The molecule has 2 rings (SSSR count). The molecule has 0 aliphatic carbocycles. The summed E-state index contributed by atoms with van der Waals surface area (Å²) in [5, 5.41) is 5.32. The second-order valence-corrected chi connectivity index (χ2v) is 6.12. The second kappa shape index (κ2) is 5.98. The molecule has 0 radical (unpaired) electrons. The van der Waals surface area contributed by atoms with Crippen molar-refractivity contribution in [1.29, 1.82) is 0 Å². The number of nitrogens with zero attached hydrogens (tertiary/aromatic N) is 1. The van der Waals surface area contributed by atoms with Crippen LogP contribution in [-0.4, -0.2) is 37.0 Å². The van der Waals surface area contributed by atoms with E-state index in [2.05, 4.69) is 21.2 Å². The van der Waals surface area contributed by atoms with Gasteiger partial charge in [-0.2, -0.15) is 0 Å². The summed E-state index contributed by atoms with van der Waals surface area (Å²) in [6.07, 6.45) is 3.29. The first-order valence-electron chi connectivity index (χ1n) is 5.91. The predicted octanol–water partition coefficient (Wildman–Crippen LogP) is 2.72. The monoisotopic (exact) mass is 316 g/mol. The Morgan fingerprint density at radius 3 is 3.06 bits per heavy atom. The normalized spacial score (nSPS) is 20.9. The van der Waals surface area contributed by atoms with Crippen molar-refractivity contribution in [2.24, 2.45) is 0 Å². The van der Waals surface area contributed by atoms with Gasteiger partial charge in [-0.1, -0.05) is 0 Å². The molecule has 3 nitrogen and oxygen atoms in total. The Hall–Kier alpha value is -0.390. The van der Waals surface area contributed by atoms with E-state index in [-0.39, 0.29) is 5.91 Å². The third-order valence-corrected chi connectivity index (χ3v) is 5.05. The molecule has 1 unspecified atom stereocenters. The van der Waals surface area contributed by atoms with Crippen molar-refractivity contribution in [2.45, 2.75) is 25.3 Å². The van der Waals surface area contributed by atoms with Crippen LogP contribution in [0, 0.1) is 0 Å². The molecule has 0 spiro atoms. The van der Waals surface area contributed by atoms with Crippen molar-refractivity contribution < 1.29 is 4.79 Å². The minimum absolute atomic E-state index is 0.138. The number of halogens is 1. The van der Waals surface area contributed by atoms with Crippen molar-refractivity contribution in [3.05, 3.63) is 20.8 Å². The third kappa shape index (κ3) is 3.09. The fourth-order valence-corrected chi connectivity index (χ4v) is 3.68. The molecule has 1 amide bonds. The number of hydrogen-bond acceptors (Lipinski definition) is 3. The maximum atomic E-state index is 12.3. The quantitative estimate of drug-likeness (QED) is 0.910. The molecular formula is C12H17BrN2OS. The van der Waals surface area contributed by atoms with Gasteiger partial charge in [-0.05, 0) is 59.7 Å². The average Bonchev–Trinajstić information content (AvgIpc) is 2.60. The van der Waals surface area contributed by atoms with Crippen molar-refractivity contribution in [2.75, 3.05) is 20.1 Å². The fraction of sp³-hybridized carbons (Fsp3) is 0.583. The number of nitrogens with one attached hydrogen (secondary N) is 1. The number of carbonyl (C=O) groups is 1. The van der Waals surface area contributed by atoms with Crippen LogP contribution in [0.2, 0.25) is 0 Å². The van der Waals surface area contributed by atoms with E-state index in [4.69, 9.17) is 0 Å². The van der Waals surface area contributed by atoms with Gasteiger partial charge in [0.15, 0.2) is 0 Å². The van der Waals surface area contributed by atoms with Gasteiger partial charge in [0.1, 0.15) is 4.88 Å². The first-order chi connectivity index (χ1) is 8.20. The Labute approximate surface area is 114 Å². The molecule has 2 heterocycles. The van der Waals surface area contributed by atoms with Crippen LogP contribution >= 0.6 is 27.3 Å². The summed E-state index contributed by atoms with van der Waals surface area (Å²) < 4.78 is 0.908. The highest BCUT2D eigenvalue weighted by molar-refractivity contribution is 9.10. The predicted molar refractivity (Wildman–Crippen MR) is 74.6 cm³/mol. The fourth-order valence-electron chi connectivity index (χ4n) is 2.16. The van der Waals surface area contributed by atoms with E-state index in [1.54, 1.807) is 0 Å². The first-order valence-corrected chi connectivity index (χ1v) is 7.58. The van der Waals surface area contributed by atoms with Gasteiger partial charge in [-0.15, -0.1) is 11.3 Å². The summed E-state index contributed by atoms with van der Waals surface area (Å²) in [4.78, 5) is 15.0. The highest BCUT2D eigenvalue weighted by Gasteiger charge is 2.23. The molecule has 1 aromatic rings. The van der Waals surface area contributed by atoms with E-state index in [9.17, 15) is 4.79 Å². The van der Waals surface area contributed by atoms with E-state index in [1.807, 2.05) is 23.4 Å². The molecule has 0 aromatic carbocycles. The summed E-state index contributed by atoms with van der Waals surface area (Å²) in [5.41, 5.74) is 0. The van der Waals surface area contributed by atoms with Gasteiger partial charge in [-0.25, -0.2) is 0 Å². The Morgan fingerprint density at radius 1 is 1.53 bits per heavy atom. The number of amides is 1. The standard InChI is InChI=1S/C12H17BrN2OS/c1-15(9-3-2-6-14-7-4-9)12(16)11-10(13)5-8-17-11/h5,8-9,14H,2-4,6-7H2,1H3. The van der Waals surface area contributed by atoms with Gasteiger partial charge in [0.25, 0.3) is 5.91 Å². The Balaban J connectivity index is 2.06. The van der Waals surface area contributed by atoms with Crippen LogP contribution in [0.5, 0.6) is 0 Å². The largest absolute Gasteiger partial charge is 0.338 e. The van der Waals surface area contributed by atoms with E-state index in [0.717, 1.165) is 41.7 Å². The van der Waals surface area contributed by atoms with Gasteiger partial charge in [0.2, 0.25) is 0 Å². The average molecular weight is 317 g/mol. The zero-order valence-electron chi connectivity index (χ0n) is 9.91. The first kappa shape index (κ1) is 13.1. The minimum Gasteiger partial charge on any atom is -0.338 e. The molecular weight excluding hydrogens is 300 g/mol. The summed E-state index contributed by atoms with van der Waals surface area (Å²) >= 11 is 4.93. The molecule has 1 N–H and O–H groups in total. The molecule has 1 saturated heterocycles. The van der Waals surface area contributed by atoms with Gasteiger partial charge in [0.05, 0.1) is 0 Å². The number of rotatable bonds is 2. The highest BCUT2D eigenvalue weighted by atomic mass is 79.9. The van der Waals surface area contributed by atoms with E-state index in [0.29, 0.717) is 6.04 Å². The molecule has 0 bridgehead atoms. The summed E-state index contributed by atoms with van der Waals surface area (Å²) in [6.45, 7) is 2.08. The summed E-state index contributed by atoms with van der Waals surface area (Å²) in [5.74, 6) is 0.138. The van der Waals surface area contributed by atoms with E-state index >= 15 is 0 Å². The van der Waals surface area contributed by atoms with Gasteiger partial charge in [-0.3, -0.25) is 4.79 Å². The molecule has 1 aliphatic rings. The molecule has 1 aromatic heterocycles. The molecule has 17 heavy (non-hydrogen) atoms. The van der Waals surface area contributed by atoms with Gasteiger partial charge in [0, 0.05) is 17.6 Å². The van der Waals surface area contributed by atoms with Crippen LogP contribution in [0.1, 0.15) is 28.9 Å². The number of thiophene rings is 1. The second-order valence-electron chi connectivity index (χ2n) is 4.35. The Kier molecular flexibility index (Phi) is 4.59. The van der Waals surface area contributed by atoms with Crippen LogP contribution in [0.25, 0.3) is 0 Å².